The van der Waals surface area contributed by atoms with E-state index in [-0.39, 0.29) is 5.97 Å². The van der Waals surface area contributed by atoms with Crippen molar-refractivity contribution in [1.29, 1.82) is 0 Å². The van der Waals surface area contributed by atoms with Crippen molar-refractivity contribution in [3.63, 3.8) is 0 Å². The van der Waals surface area contributed by atoms with Gasteiger partial charge in [-0.05, 0) is 6.92 Å². The Balaban J connectivity index is 2.22. The lowest BCUT2D eigenvalue weighted by Gasteiger charge is -2.01. The first-order valence-electron chi connectivity index (χ1n) is 3.88. The van der Waals surface area contributed by atoms with E-state index in [0.29, 0.717) is 18.6 Å². The van der Waals surface area contributed by atoms with Crippen LogP contribution in [0.25, 0.3) is 0 Å². The molecular weight excluding hydrogens is 170 g/mol. The maximum atomic E-state index is 10.9. The molecule has 1 N–H and O–H groups in total. The minimum absolute atomic E-state index is 0.304. The van der Waals surface area contributed by atoms with Crippen LogP contribution in [0.4, 0.5) is 0 Å². The summed E-state index contributed by atoms with van der Waals surface area (Å²) in [5, 5.41) is 9.83. The summed E-state index contributed by atoms with van der Waals surface area (Å²) >= 11 is 0. The molecule has 0 aliphatic carbocycles. The fourth-order valence-corrected chi connectivity index (χ4v) is 0.719. The highest BCUT2D eigenvalue weighted by molar-refractivity contribution is 5.86. The molecule has 13 heavy (non-hydrogen) atoms. The van der Waals surface area contributed by atoms with Crippen LogP contribution in [0, 0.1) is 0 Å². The highest BCUT2D eigenvalue weighted by Gasteiger charge is 2.03. The van der Waals surface area contributed by atoms with Gasteiger partial charge < -0.3 is 4.74 Å². The van der Waals surface area contributed by atoms with Crippen LogP contribution in [0.5, 0.6) is 0 Å². The lowest BCUT2D eigenvalue weighted by atomic mass is 10.3. The monoisotopic (exact) mass is 181 g/mol. The quantitative estimate of drug-likeness (QED) is 0.541. The van der Waals surface area contributed by atoms with Gasteiger partial charge in [-0.2, -0.15) is 0 Å². The van der Waals surface area contributed by atoms with Gasteiger partial charge in [-0.15, -0.1) is 5.10 Å². The molecule has 70 valence electrons. The van der Waals surface area contributed by atoms with Crippen LogP contribution in [0.15, 0.2) is 18.3 Å². The lowest BCUT2D eigenvalue weighted by Crippen LogP contribution is -2.08. The number of carbonyl (C=O) groups excluding carboxylic acids is 1. The van der Waals surface area contributed by atoms with Crippen LogP contribution < -0.4 is 0 Å². The molecule has 0 amide bonds. The molecule has 5 heteroatoms. The first-order valence-corrected chi connectivity index (χ1v) is 3.88. The average molecular weight is 181 g/mol. The van der Waals surface area contributed by atoms with E-state index in [2.05, 4.69) is 22.0 Å². The molecule has 5 nitrogen and oxygen atoms in total. The second kappa shape index (κ2) is 4.39. The second-order valence-corrected chi connectivity index (χ2v) is 2.63. The molecule has 0 saturated carbocycles. The Labute approximate surface area is 75.8 Å². The Hall–Kier alpha value is -1.65. The van der Waals surface area contributed by atoms with Crippen LogP contribution in [0.3, 0.4) is 0 Å². The Morgan fingerprint density at radius 1 is 1.77 bits per heavy atom. The zero-order valence-corrected chi connectivity index (χ0v) is 7.41. The summed E-state index contributed by atoms with van der Waals surface area (Å²) in [4.78, 5) is 10.9. The van der Waals surface area contributed by atoms with Gasteiger partial charge in [-0.3, -0.25) is 5.10 Å². The maximum Gasteiger partial charge on any atom is 0.333 e. The van der Waals surface area contributed by atoms with Gasteiger partial charge in [0.05, 0.1) is 12.3 Å². The lowest BCUT2D eigenvalue weighted by molar-refractivity contribution is -0.138. The predicted molar refractivity (Wildman–Crippen MR) is 45.9 cm³/mol. The van der Waals surface area contributed by atoms with Gasteiger partial charge in [0, 0.05) is 18.2 Å². The third-order valence-corrected chi connectivity index (χ3v) is 1.41. The molecule has 1 heterocycles. The molecule has 0 unspecified atom stereocenters. The number of esters is 1. The molecule has 0 saturated heterocycles. The van der Waals surface area contributed by atoms with E-state index >= 15 is 0 Å². The van der Waals surface area contributed by atoms with Crippen LogP contribution in [-0.4, -0.2) is 28.0 Å². The number of rotatable bonds is 4. The number of nitrogens with one attached hydrogen (secondary N) is 1. The first-order chi connectivity index (χ1) is 6.20. The third kappa shape index (κ3) is 3.06. The molecule has 0 radical (unpaired) electrons. The number of H-pyrrole nitrogens is 1. The van der Waals surface area contributed by atoms with Gasteiger partial charge >= 0.3 is 5.97 Å². The Bertz CT molecular complexity index is 292. The summed E-state index contributed by atoms with van der Waals surface area (Å²) in [6, 6.07) is 0. The summed E-state index contributed by atoms with van der Waals surface area (Å²) in [5.41, 5.74) is 1.18. The molecule has 0 aliphatic rings. The third-order valence-electron chi connectivity index (χ3n) is 1.41. The van der Waals surface area contributed by atoms with E-state index in [1.807, 2.05) is 0 Å². The summed E-state index contributed by atoms with van der Waals surface area (Å²) < 4.78 is 4.86. The van der Waals surface area contributed by atoms with E-state index in [1.165, 1.54) is 0 Å². The van der Waals surface area contributed by atoms with Crippen molar-refractivity contribution in [3.05, 3.63) is 24.0 Å². The zero-order chi connectivity index (χ0) is 9.68. The van der Waals surface area contributed by atoms with E-state index in [4.69, 9.17) is 4.74 Å². The smallest absolute Gasteiger partial charge is 0.333 e. The Kier molecular flexibility index (Phi) is 3.19. The zero-order valence-electron chi connectivity index (χ0n) is 7.41. The number of aromatic amines is 1. The van der Waals surface area contributed by atoms with Crippen molar-refractivity contribution >= 4 is 5.97 Å². The fraction of sp³-hybridized carbons (Fsp3) is 0.375. The summed E-state index contributed by atoms with van der Waals surface area (Å²) in [6.07, 6.45) is 2.23. The molecule has 0 spiro atoms. The van der Waals surface area contributed by atoms with Crippen LogP contribution in [-0.2, 0) is 16.0 Å². The number of aromatic nitrogens is 3. The van der Waals surface area contributed by atoms with Gasteiger partial charge in [-0.25, -0.2) is 4.79 Å². The molecule has 0 bridgehead atoms. The van der Waals surface area contributed by atoms with Gasteiger partial charge in [-0.1, -0.05) is 11.8 Å². The molecule has 0 atom stereocenters. The van der Waals surface area contributed by atoms with Crippen LogP contribution in [0.2, 0.25) is 0 Å². The van der Waals surface area contributed by atoms with Crippen molar-refractivity contribution in [3.8, 4) is 0 Å². The minimum atomic E-state index is -0.372. The van der Waals surface area contributed by atoms with Gasteiger partial charge in [0.1, 0.15) is 0 Å². The topological polar surface area (TPSA) is 67.9 Å². The first kappa shape index (κ1) is 9.44. The normalized spacial score (nSPS) is 9.62. The van der Waals surface area contributed by atoms with E-state index in [1.54, 1.807) is 13.1 Å². The molecule has 0 fully saturated rings. The summed E-state index contributed by atoms with van der Waals surface area (Å²) in [7, 11) is 0. The molecular formula is C8H11N3O2. The molecule has 0 aliphatic heterocycles. The van der Waals surface area contributed by atoms with Crippen molar-refractivity contribution in [2.24, 2.45) is 0 Å². The summed E-state index contributed by atoms with van der Waals surface area (Å²) in [5.74, 6) is -0.372. The van der Waals surface area contributed by atoms with Gasteiger partial charge in [0.15, 0.2) is 0 Å². The molecule has 0 aromatic carbocycles. The largest absolute Gasteiger partial charge is 0.462 e. The highest BCUT2D eigenvalue weighted by atomic mass is 16.5. The fourth-order valence-electron chi connectivity index (χ4n) is 0.719. The molecule has 1 aromatic heterocycles. The van der Waals surface area contributed by atoms with E-state index in [9.17, 15) is 4.79 Å². The standard InChI is InChI=1S/C8H11N3O2/c1-6(2)8(12)13-4-3-7-5-9-11-10-7/h5H,1,3-4H2,2H3,(H,9,10,11). The average Bonchev–Trinajstić information content (AvgIpc) is 2.56. The van der Waals surface area contributed by atoms with Crippen molar-refractivity contribution < 1.29 is 9.53 Å². The SMILES string of the molecule is C=C(C)C(=O)OCCc1c[nH]nn1. The maximum absolute atomic E-state index is 10.9. The van der Waals surface area contributed by atoms with Crippen LogP contribution in [0.1, 0.15) is 12.6 Å². The highest BCUT2D eigenvalue weighted by Crippen LogP contribution is 1.95. The molecule has 1 rings (SSSR count). The number of hydrogen-bond donors (Lipinski definition) is 1. The number of nitrogens with zero attached hydrogens (tertiary/aromatic N) is 2. The van der Waals surface area contributed by atoms with Crippen molar-refractivity contribution in [2.75, 3.05) is 6.61 Å². The van der Waals surface area contributed by atoms with Crippen molar-refractivity contribution in [1.82, 2.24) is 15.4 Å². The van der Waals surface area contributed by atoms with Crippen molar-refractivity contribution in [2.45, 2.75) is 13.3 Å². The summed E-state index contributed by atoms with van der Waals surface area (Å²) in [6.45, 7) is 5.38. The van der Waals surface area contributed by atoms with E-state index in [0.717, 1.165) is 5.69 Å². The number of hydrogen-bond acceptors (Lipinski definition) is 4. The Morgan fingerprint density at radius 3 is 3.08 bits per heavy atom. The second-order valence-electron chi connectivity index (χ2n) is 2.63. The van der Waals surface area contributed by atoms with Crippen LogP contribution >= 0.6 is 0 Å². The Morgan fingerprint density at radius 2 is 2.54 bits per heavy atom. The number of ether oxygens (including phenoxy) is 1. The minimum Gasteiger partial charge on any atom is -0.462 e. The number of carbonyl (C=O) groups is 1. The van der Waals surface area contributed by atoms with E-state index < -0.39 is 0 Å². The van der Waals surface area contributed by atoms with Gasteiger partial charge in [0.2, 0.25) is 0 Å². The van der Waals surface area contributed by atoms with Gasteiger partial charge in [0.25, 0.3) is 0 Å². The molecule has 1 aromatic rings. The predicted octanol–water partition coefficient (Wildman–Crippen LogP) is 0.466.